The molecule has 4 amide bonds. The van der Waals surface area contributed by atoms with Gasteiger partial charge in [0.2, 0.25) is 11.8 Å². The first-order chi connectivity index (χ1) is 19.9. The summed E-state index contributed by atoms with van der Waals surface area (Å²) in [5.74, 6) is -1.37. The Bertz CT molecular complexity index is 1390. The van der Waals surface area contributed by atoms with Gasteiger partial charge in [-0.15, -0.1) is 0 Å². The summed E-state index contributed by atoms with van der Waals surface area (Å²) >= 11 is 36.7. The summed E-state index contributed by atoms with van der Waals surface area (Å²) in [5.41, 5.74) is 0.938. The van der Waals surface area contributed by atoms with E-state index in [-0.39, 0.29) is 47.6 Å². The van der Waals surface area contributed by atoms with E-state index in [1.807, 2.05) is 0 Å². The molecule has 0 spiro atoms. The van der Waals surface area contributed by atoms with Gasteiger partial charge in [-0.2, -0.15) is 0 Å². The molecule has 0 bridgehead atoms. The molecule has 4 rings (SSSR count). The second-order valence-electron chi connectivity index (χ2n) is 8.93. The van der Waals surface area contributed by atoms with E-state index in [0.717, 1.165) is 23.5 Å². The zero-order valence-corrected chi connectivity index (χ0v) is 27.7. The van der Waals surface area contributed by atoms with Crippen LogP contribution in [0.2, 0.25) is 20.1 Å². The van der Waals surface area contributed by atoms with Gasteiger partial charge in [0.05, 0.1) is 9.81 Å². The number of nitrogens with zero attached hydrogens (tertiary/aromatic N) is 2. The smallest absolute Gasteiger partial charge is 0.267 e. The number of carbonyl (C=O) groups is 4. The number of halogens is 4. The lowest BCUT2D eigenvalue weighted by Gasteiger charge is -2.15. The fourth-order valence-corrected chi connectivity index (χ4v) is 7.77. The number of anilines is 2. The Morgan fingerprint density at radius 2 is 0.976 bits per heavy atom. The molecule has 0 aliphatic carbocycles. The molecular weight excluding hydrogens is 702 g/mol. The lowest BCUT2D eigenvalue weighted by Crippen LogP contribution is -2.31. The summed E-state index contributed by atoms with van der Waals surface area (Å²) in [6, 6.07) is 9.43. The Morgan fingerprint density at radius 3 is 1.31 bits per heavy atom. The summed E-state index contributed by atoms with van der Waals surface area (Å²) in [4.78, 5) is 54.2. The van der Waals surface area contributed by atoms with Gasteiger partial charge in [-0.05, 0) is 49.2 Å². The molecule has 0 radical (unpaired) electrons. The molecule has 2 aliphatic heterocycles. The van der Waals surface area contributed by atoms with Crippen LogP contribution in [0.1, 0.15) is 25.7 Å². The number of carbonyl (C=O) groups excluding carboxylic acids is 4. The van der Waals surface area contributed by atoms with Crippen LogP contribution in [0.4, 0.5) is 11.4 Å². The molecule has 0 aromatic heterocycles. The highest BCUT2D eigenvalue weighted by Gasteiger charge is 2.41. The topological polar surface area (TPSA) is 98.8 Å². The maximum atomic E-state index is 13.2. The van der Waals surface area contributed by atoms with Crippen LogP contribution in [0.15, 0.2) is 46.2 Å². The number of rotatable bonds is 10. The molecule has 0 saturated carbocycles. The van der Waals surface area contributed by atoms with E-state index in [1.54, 1.807) is 36.4 Å². The summed E-state index contributed by atoms with van der Waals surface area (Å²) < 4.78 is 0.583. The first kappa shape index (κ1) is 33.0. The van der Waals surface area contributed by atoms with E-state index < -0.39 is 11.8 Å². The van der Waals surface area contributed by atoms with Crippen molar-refractivity contribution in [2.75, 3.05) is 23.7 Å². The normalized spacial score (nSPS) is 17.0. The van der Waals surface area contributed by atoms with Crippen molar-refractivity contribution in [1.82, 2.24) is 9.80 Å². The molecule has 2 N–H and O–H groups in total. The van der Waals surface area contributed by atoms with Gasteiger partial charge < -0.3 is 10.6 Å². The number of hydrogen-bond acceptors (Lipinski definition) is 8. The average Bonchev–Trinajstić information content (AvgIpc) is 3.32. The van der Waals surface area contributed by atoms with Gasteiger partial charge in [0.1, 0.15) is 8.64 Å². The largest absolute Gasteiger partial charge is 0.326 e. The van der Waals surface area contributed by atoms with E-state index in [1.165, 1.54) is 9.80 Å². The molecule has 2 aromatic carbocycles. The van der Waals surface area contributed by atoms with Crippen molar-refractivity contribution in [2.45, 2.75) is 25.7 Å². The third-order valence-electron chi connectivity index (χ3n) is 5.77. The number of hydrogen-bond donors (Lipinski definition) is 2. The van der Waals surface area contributed by atoms with Crippen LogP contribution in [0, 0.1) is 0 Å². The summed E-state index contributed by atoms with van der Waals surface area (Å²) in [5, 5.41) is 7.01. The standard InChI is InChI=1S/C26H20Cl4N4O4S4/c27-13-7-14(28)10-17(9-13)31-19(35)3-1-5-33-23(37)21(41-25(33)39)22-24(38)34(26(40)42-22)6-2-4-20(36)32-18-11-15(29)8-16(30)12-18/h7-12H,1-6H2,(H,31,35)(H,32,36). The van der Waals surface area contributed by atoms with E-state index in [9.17, 15) is 19.2 Å². The molecule has 2 saturated heterocycles. The van der Waals surface area contributed by atoms with Crippen LogP contribution in [0.25, 0.3) is 0 Å². The molecule has 0 unspecified atom stereocenters. The summed E-state index contributed by atoms with van der Waals surface area (Å²) in [6.45, 7) is 0.399. The molecule has 2 aromatic rings. The van der Waals surface area contributed by atoms with Crippen LogP contribution in [-0.4, -0.2) is 55.2 Å². The maximum Gasteiger partial charge on any atom is 0.267 e. The number of thioether (sulfide) groups is 2. The van der Waals surface area contributed by atoms with Crippen LogP contribution in [-0.2, 0) is 19.2 Å². The Balaban J connectivity index is 1.28. The van der Waals surface area contributed by atoms with Gasteiger partial charge in [0.25, 0.3) is 11.8 Å². The highest BCUT2D eigenvalue weighted by molar-refractivity contribution is 8.29. The first-order valence-electron chi connectivity index (χ1n) is 12.2. The van der Waals surface area contributed by atoms with Crippen molar-refractivity contribution < 1.29 is 19.2 Å². The number of nitrogens with one attached hydrogen (secondary N) is 2. The Labute approximate surface area is 280 Å². The van der Waals surface area contributed by atoms with E-state index in [0.29, 0.717) is 52.9 Å². The van der Waals surface area contributed by atoms with Crippen LogP contribution in [0.3, 0.4) is 0 Å². The average molecular weight is 723 g/mol. The fraction of sp³-hybridized carbons (Fsp3) is 0.231. The third kappa shape index (κ3) is 8.60. The molecular formula is C26H20Cl4N4O4S4. The zero-order valence-electron chi connectivity index (χ0n) is 21.4. The SMILES string of the molecule is O=C(CCCN1C(=O)C(=C2SC(=S)N(CCCC(=O)Nc3cc(Cl)cc(Cl)c3)C2=O)SC1=S)Nc1cc(Cl)cc(Cl)c1. The van der Waals surface area contributed by atoms with E-state index in [2.05, 4.69) is 10.6 Å². The van der Waals surface area contributed by atoms with Crippen LogP contribution >= 0.6 is 94.4 Å². The monoisotopic (exact) mass is 720 g/mol. The van der Waals surface area contributed by atoms with Crippen molar-refractivity contribution in [3.05, 3.63) is 66.3 Å². The van der Waals surface area contributed by atoms with Crippen LogP contribution in [0.5, 0.6) is 0 Å². The quantitative estimate of drug-likeness (QED) is 0.194. The highest BCUT2D eigenvalue weighted by Crippen LogP contribution is 2.42. The minimum Gasteiger partial charge on any atom is -0.326 e. The molecule has 220 valence electrons. The van der Waals surface area contributed by atoms with Crippen molar-refractivity contribution in [2.24, 2.45) is 0 Å². The predicted molar refractivity (Wildman–Crippen MR) is 179 cm³/mol. The fourth-order valence-electron chi connectivity index (χ4n) is 3.95. The van der Waals surface area contributed by atoms with Gasteiger partial charge in [0, 0.05) is 57.4 Å². The summed E-state index contributed by atoms with van der Waals surface area (Å²) in [6.07, 6.45) is 0.918. The van der Waals surface area contributed by atoms with Crippen molar-refractivity contribution in [3.8, 4) is 0 Å². The molecule has 2 fully saturated rings. The van der Waals surface area contributed by atoms with Crippen molar-refractivity contribution >= 4 is 138 Å². The van der Waals surface area contributed by atoms with Gasteiger partial charge in [0.15, 0.2) is 0 Å². The Hall–Kier alpha value is -1.90. The summed E-state index contributed by atoms with van der Waals surface area (Å²) in [7, 11) is 0. The third-order valence-corrected chi connectivity index (χ3v) is 9.67. The Morgan fingerprint density at radius 1 is 0.643 bits per heavy atom. The second-order valence-corrected chi connectivity index (χ2v) is 14.0. The zero-order chi connectivity index (χ0) is 30.6. The molecule has 42 heavy (non-hydrogen) atoms. The maximum absolute atomic E-state index is 13.2. The lowest BCUT2D eigenvalue weighted by molar-refractivity contribution is -0.124. The Kier molecular flexibility index (Phi) is 11.6. The predicted octanol–water partition coefficient (Wildman–Crippen LogP) is 7.37. The molecule has 16 heteroatoms. The number of amides is 4. The minimum absolute atomic E-state index is 0.122. The second kappa shape index (κ2) is 14.7. The highest BCUT2D eigenvalue weighted by atomic mass is 35.5. The van der Waals surface area contributed by atoms with Gasteiger partial charge in [-0.25, -0.2) is 0 Å². The van der Waals surface area contributed by atoms with Crippen molar-refractivity contribution in [3.63, 3.8) is 0 Å². The minimum atomic E-state index is -0.410. The molecule has 2 heterocycles. The van der Waals surface area contributed by atoms with E-state index in [4.69, 9.17) is 70.8 Å². The lowest BCUT2D eigenvalue weighted by atomic mass is 10.2. The van der Waals surface area contributed by atoms with Crippen LogP contribution < -0.4 is 10.6 Å². The first-order valence-corrected chi connectivity index (χ1v) is 16.2. The number of thiocarbonyl (C=S) groups is 2. The van der Waals surface area contributed by atoms with E-state index >= 15 is 0 Å². The number of benzene rings is 2. The van der Waals surface area contributed by atoms with Crippen molar-refractivity contribution in [1.29, 1.82) is 0 Å². The van der Waals surface area contributed by atoms with Gasteiger partial charge in [-0.3, -0.25) is 29.0 Å². The molecule has 2 aliphatic rings. The van der Waals surface area contributed by atoms with Gasteiger partial charge in [-0.1, -0.05) is 94.4 Å². The van der Waals surface area contributed by atoms with Gasteiger partial charge >= 0.3 is 0 Å². The molecule has 0 atom stereocenters. The molecule has 8 nitrogen and oxygen atoms in total.